The van der Waals surface area contributed by atoms with Gasteiger partial charge >= 0.3 is 0 Å². The number of rotatable bonds is 3. The normalized spacial score (nSPS) is 27.4. The van der Waals surface area contributed by atoms with Crippen LogP contribution in [-0.4, -0.2) is 24.1 Å². The third kappa shape index (κ3) is 2.09. The van der Waals surface area contributed by atoms with Crippen LogP contribution in [0.5, 0.6) is 5.75 Å². The Morgan fingerprint density at radius 3 is 2.76 bits per heavy atom. The van der Waals surface area contributed by atoms with Gasteiger partial charge in [-0.15, -0.1) is 0 Å². The molecule has 0 aliphatic carbocycles. The summed E-state index contributed by atoms with van der Waals surface area (Å²) in [6.45, 7) is 1.07. The Kier molecular flexibility index (Phi) is 2.89. The lowest BCUT2D eigenvalue weighted by molar-refractivity contribution is 0.200. The van der Waals surface area contributed by atoms with Crippen molar-refractivity contribution in [1.29, 1.82) is 0 Å². The van der Waals surface area contributed by atoms with E-state index in [9.17, 15) is 0 Å². The van der Waals surface area contributed by atoms with Crippen LogP contribution in [0.15, 0.2) is 36.4 Å². The van der Waals surface area contributed by atoms with Crippen molar-refractivity contribution in [3.63, 3.8) is 0 Å². The molecule has 0 N–H and O–H groups in total. The number of hydrogen-bond donors (Lipinski definition) is 0. The van der Waals surface area contributed by atoms with E-state index < -0.39 is 0 Å². The quantitative estimate of drug-likeness (QED) is 0.739. The summed E-state index contributed by atoms with van der Waals surface area (Å²) >= 11 is 0. The molecule has 2 heteroatoms. The van der Waals surface area contributed by atoms with E-state index in [1.165, 1.54) is 24.8 Å². The summed E-state index contributed by atoms with van der Waals surface area (Å²) in [4.78, 5) is 2.64. The summed E-state index contributed by atoms with van der Waals surface area (Å²) in [6.07, 6.45) is 8.65. The van der Waals surface area contributed by atoms with E-state index in [1.807, 2.05) is 0 Å². The Morgan fingerprint density at radius 2 is 2.06 bits per heavy atom. The monoisotopic (exact) mass is 229 g/mol. The minimum absolute atomic E-state index is 0.677. The van der Waals surface area contributed by atoms with Gasteiger partial charge in [0.25, 0.3) is 0 Å². The van der Waals surface area contributed by atoms with Crippen LogP contribution in [0.4, 0.5) is 0 Å². The number of ether oxygens (including phenoxy) is 1. The Balaban J connectivity index is 1.72. The van der Waals surface area contributed by atoms with Gasteiger partial charge in [0.15, 0.2) is 0 Å². The van der Waals surface area contributed by atoms with Crippen LogP contribution in [0.1, 0.15) is 24.8 Å². The van der Waals surface area contributed by atoms with E-state index in [0.717, 1.165) is 18.3 Å². The summed E-state index contributed by atoms with van der Waals surface area (Å²) in [7, 11) is 1.71. The second-order valence-corrected chi connectivity index (χ2v) is 4.98. The molecule has 0 unspecified atom stereocenters. The molecule has 2 aliphatic heterocycles. The lowest BCUT2D eigenvalue weighted by atomic mass is 10.1. The van der Waals surface area contributed by atoms with E-state index in [2.05, 4.69) is 41.3 Å². The van der Waals surface area contributed by atoms with Gasteiger partial charge < -0.3 is 4.74 Å². The van der Waals surface area contributed by atoms with Crippen LogP contribution in [0.2, 0.25) is 0 Å². The molecule has 1 fully saturated rings. The second-order valence-electron chi connectivity index (χ2n) is 4.98. The molecule has 0 radical (unpaired) electrons. The highest BCUT2D eigenvalue weighted by Crippen LogP contribution is 2.32. The minimum atomic E-state index is 0.677. The third-order valence-corrected chi connectivity index (χ3v) is 3.98. The van der Waals surface area contributed by atoms with Crippen LogP contribution >= 0.6 is 0 Å². The van der Waals surface area contributed by atoms with Crippen LogP contribution in [0.25, 0.3) is 0 Å². The Morgan fingerprint density at radius 1 is 1.24 bits per heavy atom. The summed E-state index contributed by atoms with van der Waals surface area (Å²) < 4.78 is 5.19. The molecule has 1 aromatic carbocycles. The molecule has 0 spiro atoms. The largest absolute Gasteiger partial charge is 0.497 e. The number of nitrogens with zero attached hydrogens (tertiary/aromatic N) is 1. The van der Waals surface area contributed by atoms with E-state index in [-0.39, 0.29) is 0 Å². The average Bonchev–Trinajstić information content (AvgIpc) is 2.62. The minimum Gasteiger partial charge on any atom is -0.497 e. The summed E-state index contributed by atoms with van der Waals surface area (Å²) in [5, 5.41) is 0. The maximum atomic E-state index is 5.19. The van der Waals surface area contributed by atoms with Gasteiger partial charge in [-0.1, -0.05) is 24.3 Å². The van der Waals surface area contributed by atoms with Crippen molar-refractivity contribution in [2.24, 2.45) is 0 Å². The van der Waals surface area contributed by atoms with Crippen LogP contribution in [0, 0.1) is 0 Å². The zero-order valence-corrected chi connectivity index (χ0v) is 10.3. The van der Waals surface area contributed by atoms with Crippen molar-refractivity contribution in [3.8, 4) is 5.75 Å². The molecule has 1 aromatic rings. The molecule has 17 heavy (non-hydrogen) atoms. The topological polar surface area (TPSA) is 12.5 Å². The van der Waals surface area contributed by atoms with Gasteiger partial charge in [-0.2, -0.15) is 0 Å². The maximum absolute atomic E-state index is 5.19. The van der Waals surface area contributed by atoms with Gasteiger partial charge in [0.2, 0.25) is 0 Å². The van der Waals surface area contributed by atoms with E-state index in [4.69, 9.17) is 4.74 Å². The molecule has 0 aromatic heterocycles. The number of hydrogen-bond acceptors (Lipinski definition) is 2. The lowest BCUT2D eigenvalue weighted by Gasteiger charge is -2.31. The zero-order chi connectivity index (χ0) is 11.7. The fraction of sp³-hybridized carbons (Fsp3) is 0.467. The molecule has 2 heterocycles. The standard InChI is InChI=1S/C15H19NO/c1-17-15-9-5-12(6-10-15)11-16-13-3-2-4-14(16)8-7-13/h2-3,5-6,9-10,13-14H,4,7-8,11H2,1H3/t13-,14+/m0/s1. The second kappa shape index (κ2) is 4.53. The van der Waals surface area contributed by atoms with Crippen molar-refractivity contribution in [2.75, 3.05) is 7.11 Å². The fourth-order valence-corrected chi connectivity index (χ4v) is 3.01. The molecule has 1 saturated heterocycles. The molecule has 2 aliphatic rings. The van der Waals surface area contributed by atoms with Gasteiger partial charge in [0, 0.05) is 18.6 Å². The van der Waals surface area contributed by atoms with E-state index in [0.29, 0.717) is 6.04 Å². The van der Waals surface area contributed by atoms with Crippen LogP contribution in [-0.2, 0) is 6.54 Å². The molecule has 90 valence electrons. The van der Waals surface area contributed by atoms with E-state index >= 15 is 0 Å². The Labute approximate surface area is 103 Å². The van der Waals surface area contributed by atoms with Crippen molar-refractivity contribution < 1.29 is 4.74 Å². The molecular weight excluding hydrogens is 210 g/mol. The smallest absolute Gasteiger partial charge is 0.118 e. The first kappa shape index (κ1) is 10.8. The third-order valence-electron chi connectivity index (χ3n) is 3.98. The predicted molar refractivity (Wildman–Crippen MR) is 69.1 cm³/mol. The van der Waals surface area contributed by atoms with Crippen LogP contribution in [0.3, 0.4) is 0 Å². The summed E-state index contributed by atoms with van der Waals surface area (Å²) in [5.74, 6) is 0.940. The highest BCUT2D eigenvalue weighted by molar-refractivity contribution is 5.27. The molecule has 0 saturated carbocycles. The lowest BCUT2D eigenvalue weighted by Crippen LogP contribution is -2.36. The van der Waals surface area contributed by atoms with Crippen molar-refractivity contribution in [1.82, 2.24) is 4.90 Å². The predicted octanol–water partition coefficient (Wildman–Crippen LogP) is 2.99. The van der Waals surface area contributed by atoms with Crippen LogP contribution < -0.4 is 4.74 Å². The Bertz CT molecular complexity index is 409. The fourth-order valence-electron chi connectivity index (χ4n) is 3.01. The molecular formula is C15H19NO. The summed E-state index contributed by atoms with van der Waals surface area (Å²) in [6, 6.07) is 9.91. The SMILES string of the molecule is COc1ccc(CN2[C@@H]3CC=C[C@H]2CC3)cc1. The van der Waals surface area contributed by atoms with Gasteiger partial charge in [-0.25, -0.2) is 0 Å². The number of fused-ring (bicyclic) bond motifs is 2. The zero-order valence-electron chi connectivity index (χ0n) is 10.3. The number of benzene rings is 1. The van der Waals surface area contributed by atoms with Crippen molar-refractivity contribution in [3.05, 3.63) is 42.0 Å². The highest BCUT2D eigenvalue weighted by Gasteiger charge is 2.33. The average molecular weight is 229 g/mol. The van der Waals surface area contributed by atoms with Crippen molar-refractivity contribution >= 4 is 0 Å². The van der Waals surface area contributed by atoms with Gasteiger partial charge in [0.05, 0.1) is 7.11 Å². The highest BCUT2D eigenvalue weighted by atomic mass is 16.5. The first-order valence-electron chi connectivity index (χ1n) is 6.42. The molecule has 3 rings (SSSR count). The molecule has 2 bridgehead atoms. The number of methoxy groups -OCH3 is 1. The van der Waals surface area contributed by atoms with E-state index in [1.54, 1.807) is 7.11 Å². The van der Waals surface area contributed by atoms with Gasteiger partial charge in [-0.05, 0) is 37.0 Å². The Hall–Kier alpha value is -1.28. The molecule has 2 nitrogen and oxygen atoms in total. The maximum Gasteiger partial charge on any atom is 0.118 e. The van der Waals surface area contributed by atoms with Gasteiger partial charge in [-0.3, -0.25) is 4.90 Å². The van der Waals surface area contributed by atoms with Gasteiger partial charge in [0.1, 0.15) is 5.75 Å². The van der Waals surface area contributed by atoms with Crippen molar-refractivity contribution in [2.45, 2.75) is 37.9 Å². The summed E-state index contributed by atoms with van der Waals surface area (Å²) in [5.41, 5.74) is 1.39. The molecule has 0 amide bonds. The first-order chi connectivity index (χ1) is 8.36. The first-order valence-corrected chi connectivity index (χ1v) is 6.42. The molecule has 2 atom stereocenters.